The third-order valence-corrected chi connectivity index (χ3v) is 4.56. The molecule has 0 radical (unpaired) electrons. The van der Waals surface area contributed by atoms with Crippen LogP contribution in [-0.2, 0) is 4.74 Å². The van der Waals surface area contributed by atoms with Crippen LogP contribution in [0.2, 0.25) is 0 Å². The molecule has 3 heteroatoms. The van der Waals surface area contributed by atoms with Gasteiger partial charge in [-0.05, 0) is 50.8 Å². The zero-order valence-corrected chi connectivity index (χ0v) is 11.9. The van der Waals surface area contributed by atoms with E-state index in [0.717, 1.165) is 25.7 Å². The highest BCUT2D eigenvalue weighted by molar-refractivity contribution is 7.12. The second-order valence-electron chi connectivity index (χ2n) is 4.85. The number of aryl methyl sites for hydroxylation is 2. The SMILES string of the molecule is CCNC(c1cc(C)sc1C)C1CCOCC1. The van der Waals surface area contributed by atoms with Crippen molar-refractivity contribution < 1.29 is 4.74 Å². The van der Waals surface area contributed by atoms with Crippen molar-refractivity contribution in [1.82, 2.24) is 5.32 Å². The van der Waals surface area contributed by atoms with Crippen LogP contribution in [0.3, 0.4) is 0 Å². The van der Waals surface area contributed by atoms with Crippen molar-refractivity contribution in [2.45, 2.75) is 39.7 Å². The molecule has 0 amide bonds. The van der Waals surface area contributed by atoms with Gasteiger partial charge in [-0.3, -0.25) is 0 Å². The predicted molar refractivity (Wildman–Crippen MR) is 73.8 cm³/mol. The lowest BCUT2D eigenvalue weighted by Gasteiger charge is -2.31. The molecule has 1 atom stereocenters. The molecule has 2 nitrogen and oxygen atoms in total. The summed E-state index contributed by atoms with van der Waals surface area (Å²) in [7, 11) is 0. The average molecular weight is 253 g/mol. The minimum atomic E-state index is 0.522. The lowest BCUT2D eigenvalue weighted by atomic mass is 9.87. The summed E-state index contributed by atoms with van der Waals surface area (Å²) in [6.45, 7) is 9.53. The number of thiophene rings is 1. The summed E-state index contributed by atoms with van der Waals surface area (Å²) in [4.78, 5) is 2.90. The molecule has 1 aromatic heterocycles. The van der Waals surface area contributed by atoms with Crippen molar-refractivity contribution in [3.63, 3.8) is 0 Å². The minimum absolute atomic E-state index is 0.522. The maximum atomic E-state index is 5.47. The van der Waals surface area contributed by atoms with Crippen LogP contribution in [0, 0.1) is 19.8 Å². The maximum absolute atomic E-state index is 5.47. The molecule has 0 aromatic carbocycles. The van der Waals surface area contributed by atoms with Gasteiger partial charge in [-0.25, -0.2) is 0 Å². The average Bonchev–Trinajstić information content (AvgIpc) is 2.66. The highest BCUT2D eigenvalue weighted by Gasteiger charge is 2.26. The molecular formula is C14H23NOS. The lowest BCUT2D eigenvalue weighted by Crippen LogP contribution is -2.32. The summed E-state index contributed by atoms with van der Waals surface area (Å²) in [6.07, 6.45) is 2.37. The second kappa shape index (κ2) is 5.98. The van der Waals surface area contributed by atoms with Gasteiger partial charge in [-0.2, -0.15) is 0 Å². The zero-order valence-electron chi connectivity index (χ0n) is 11.1. The fourth-order valence-corrected chi connectivity index (χ4v) is 3.73. The van der Waals surface area contributed by atoms with Gasteiger partial charge in [-0.1, -0.05) is 6.92 Å². The highest BCUT2D eigenvalue weighted by Crippen LogP contribution is 2.35. The van der Waals surface area contributed by atoms with E-state index in [-0.39, 0.29) is 0 Å². The molecule has 1 aliphatic rings. The molecule has 96 valence electrons. The van der Waals surface area contributed by atoms with Gasteiger partial charge in [0.2, 0.25) is 0 Å². The van der Waals surface area contributed by atoms with E-state index in [1.807, 2.05) is 11.3 Å². The van der Waals surface area contributed by atoms with Gasteiger partial charge in [0.15, 0.2) is 0 Å². The van der Waals surface area contributed by atoms with Gasteiger partial charge >= 0.3 is 0 Å². The molecule has 2 rings (SSSR count). The molecule has 1 saturated heterocycles. The Morgan fingerprint density at radius 2 is 2.12 bits per heavy atom. The minimum Gasteiger partial charge on any atom is -0.381 e. The standard InChI is InChI=1S/C14H23NOS/c1-4-15-14(12-5-7-16-8-6-12)13-9-10(2)17-11(13)3/h9,12,14-15H,4-8H2,1-3H3. The summed E-state index contributed by atoms with van der Waals surface area (Å²) in [6, 6.07) is 2.89. The Labute approximate surface area is 108 Å². The molecule has 0 saturated carbocycles. The van der Waals surface area contributed by atoms with Gasteiger partial charge in [0.25, 0.3) is 0 Å². The van der Waals surface area contributed by atoms with Crippen molar-refractivity contribution >= 4 is 11.3 Å². The first kappa shape index (κ1) is 13.1. The first-order valence-corrected chi connectivity index (χ1v) is 7.42. The van der Waals surface area contributed by atoms with Crippen LogP contribution in [-0.4, -0.2) is 19.8 Å². The van der Waals surface area contributed by atoms with Crippen LogP contribution in [0.1, 0.15) is 41.1 Å². The van der Waals surface area contributed by atoms with E-state index < -0.39 is 0 Å². The summed E-state index contributed by atoms with van der Waals surface area (Å²) < 4.78 is 5.47. The first-order valence-electron chi connectivity index (χ1n) is 6.60. The van der Waals surface area contributed by atoms with Gasteiger partial charge < -0.3 is 10.1 Å². The largest absolute Gasteiger partial charge is 0.381 e. The van der Waals surface area contributed by atoms with Crippen LogP contribution in [0.15, 0.2) is 6.07 Å². The number of hydrogen-bond acceptors (Lipinski definition) is 3. The van der Waals surface area contributed by atoms with Crippen LogP contribution in [0.5, 0.6) is 0 Å². The van der Waals surface area contributed by atoms with E-state index >= 15 is 0 Å². The van der Waals surface area contributed by atoms with E-state index in [2.05, 4.69) is 32.2 Å². The highest BCUT2D eigenvalue weighted by atomic mass is 32.1. The Bertz CT molecular complexity index is 355. The molecule has 0 bridgehead atoms. The quantitative estimate of drug-likeness (QED) is 0.887. The molecule has 1 aromatic rings. The van der Waals surface area contributed by atoms with Gasteiger partial charge in [0.1, 0.15) is 0 Å². The first-order chi connectivity index (χ1) is 8.22. The second-order valence-corrected chi connectivity index (χ2v) is 6.31. The molecule has 1 N–H and O–H groups in total. The summed E-state index contributed by atoms with van der Waals surface area (Å²) in [5.41, 5.74) is 1.52. The van der Waals surface area contributed by atoms with Crippen molar-refractivity contribution in [3.8, 4) is 0 Å². The molecule has 17 heavy (non-hydrogen) atoms. The van der Waals surface area contributed by atoms with Crippen molar-refractivity contribution in [1.29, 1.82) is 0 Å². The molecule has 1 aliphatic heterocycles. The number of nitrogens with one attached hydrogen (secondary N) is 1. The van der Waals surface area contributed by atoms with Crippen LogP contribution in [0.25, 0.3) is 0 Å². The van der Waals surface area contributed by atoms with Crippen LogP contribution in [0.4, 0.5) is 0 Å². The van der Waals surface area contributed by atoms with E-state index in [4.69, 9.17) is 4.74 Å². The number of rotatable bonds is 4. The Balaban J connectivity index is 2.18. The molecule has 0 spiro atoms. The number of ether oxygens (including phenoxy) is 1. The van der Waals surface area contributed by atoms with Crippen molar-refractivity contribution in [3.05, 3.63) is 21.4 Å². The van der Waals surface area contributed by atoms with E-state index in [1.165, 1.54) is 28.2 Å². The maximum Gasteiger partial charge on any atom is 0.0469 e. The van der Waals surface area contributed by atoms with Crippen molar-refractivity contribution in [2.24, 2.45) is 5.92 Å². The third-order valence-electron chi connectivity index (χ3n) is 3.58. The zero-order chi connectivity index (χ0) is 12.3. The van der Waals surface area contributed by atoms with Crippen LogP contribution >= 0.6 is 11.3 Å². The predicted octanol–water partition coefficient (Wildman–Crippen LogP) is 3.44. The smallest absolute Gasteiger partial charge is 0.0469 e. The summed E-state index contributed by atoms with van der Waals surface area (Å²) in [5, 5.41) is 3.67. The summed E-state index contributed by atoms with van der Waals surface area (Å²) in [5.74, 6) is 0.733. The molecule has 2 heterocycles. The molecule has 0 aliphatic carbocycles. The fraction of sp³-hybridized carbons (Fsp3) is 0.714. The molecule has 1 unspecified atom stereocenters. The fourth-order valence-electron chi connectivity index (χ4n) is 2.76. The van der Waals surface area contributed by atoms with Crippen LogP contribution < -0.4 is 5.32 Å². The summed E-state index contributed by atoms with van der Waals surface area (Å²) >= 11 is 1.92. The van der Waals surface area contributed by atoms with Crippen molar-refractivity contribution in [2.75, 3.05) is 19.8 Å². The number of hydrogen-bond donors (Lipinski definition) is 1. The third kappa shape index (κ3) is 3.09. The van der Waals surface area contributed by atoms with E-state index in [9.17, 15) is 0 Å². The lowest BCUT2D eigenvalue weighted by molar-refractivity contribution is 0.0538. The van der Waals surface area contributed by atoms with Gasteiger partial charge in [0, 0.05) is 29.0 Å². The molecular weight excluding hydrogens is 230 g/mol. The Morgan fingerprint density at radius 1 is 1.41 bits per heavy atom. The monoisotopic (exact) mass is 253 g/mol. The Morgan fingerprint density at radius 3 is 2.65 bits per heavy atom. The van der Waals surface area contributed by atoms with Gasteiger partial charge in [-0.15, -0.1) is 11.3 Å². The molecule has 1 fully saturated rings. The topological polar surface area (TPSA) is 21.3 Å². The Kier molecular flexibility index (Phi) is 4.60. The van der Waals surface area contributed by atoms with E-state index in [0.29, 0.717) is 6.04 Å². The normalized spacial score (nSPS) is 19.5. The van der Waals surface area contributed by atoms with Gasteiger partial charge in [0.05, 0.1) is 0 Å². The van der Waals surface area contributed by atoms with E-state index in [1.54, 1.807) is 0 Å². The Hall–Kier alpha value is -0.380.